The van der Waals surface area contributed by atoms with Crippen LogP contribution in [0.25, 0.3) is 0 Å². The number of carbonyl (C=O) groups is 3. The van der Waals surface area contributed by atoms with Crippen molar-refractivity contribution in [1.29, 1.82) is 0 Å². The molecule has 0 saturated carbocycles. The van der Waals surface area contributed by atoms with Gasteiger partial charge in [0, 0.05) is 0 Å². The maximum Gasteiger partial charge on any atom is 0.335 e. The molecule has 0 aliphatic carbocycles. The Hall–Kier alpha value is -1.63. The Labute approximate surface area is 130 Å². The highest BCUT2D eigenvalue weighted by molar-refractivity contribution is 5.87. The number of carbonyl (C=O) groups excluding carboxylic acids is 3. The van der Waals surface area contributed by atoms with Gasteiger partial charge in [-0.3, -0.25) is 9.59 Å². The first-order chi connectivity index (χ1) is 10.5. The Bertz CT molecular complexity index is 354. The molecule has 0 bridgehead atoms. The summed E-state index contributed by atoms with van der Waals surface area (Å²) in [6.45, 7) is 5.94. The van der Waals surface area contributed by atoms with Crippen LogP contribution in [0.2, 0.25) is 0 Å². The summed E-state index contributed by atoms with van der Waals surface area (Å²) in [6.07, 6.45) is -0.357. The lowest BCUT2D eigenvalue weighted by Crippen LogP contribution is -2.39. The van der Waals surface area contributed by atoms with E-state index >= 15 is 0 Å². The molecule has 0 saturated heterocycles. The third-order valence-electron chi connectivity index (χ3n) is 2.68. The average Bonchev–Trinajstić information content (AvgIpc) is 2.52. The summed E-state index contributed by atoms with van der Waals surface area (Å²) in [4.78, 5) is 35.3. The van der Waals surface area contributed by atoms with Crippen molar-refractivity contribution in [2.75, 3.05) is 19.8 Å². The van der Waals surface area contributed by atoms with E-state index < -0.39 is 36.4 Å². The molecule has 2 unspecified atom stereocenters. The topological polar surface area (TPSA) is 99.1 Å². The van der Waals surface area contributed by atoms with Gasteiger partial charge >= 0.3 is 17.9 Å². The summed E-state index contributed by atoms with van der Waals surface area (Å²) in [5, 5.41) is 9.97. The minimum Gasteiger partial charge on any atom is -0.466 e. The van der Waals surface area contributed by atoms with Gasteiger partial charge in [-0.2, -0.15) is 0 Å². The molecule has 0 aliphatic heterocycles. The lowest BCUT2D eigenvalue weighted by molar-refractivity contribution is -0.169. The predicted octanol–water partition coefficient (Wildman–Crippen LogP) is 1.21. The van der Waals surface area contributed by atoms with Gasteiger partial charge in [-0.25, -0.2) is 4.79 Å². The molecule has 0 rings (SSSR count). The molecule has 0 radical (unpaired) electrons. The number of ether oxygens (including phenoxy) is 3. The Balaban J connectivity index is 4.79. The molecular formula is C15H26O7. The van der Waals surface area contributed by atoms with E-state index in [4.69, 9.17) is 14.2 Å². The average molecular weight is 318 g/mol. The zero-order valence-electron chi connectivity index (χ0n) is 13.5. The number of aliphatic hydroxyl groups excluding tert-OH is 1. The van der Waals surface area contributed by atoms with Gasteiger partial charge in [0.05, 0.1) is 26.2 Å². The first kappa shape index (κ1) is 20.4. The van der Waals surface area contributed by atoms with E-state index in [2.05, 4.69) is 0 Å². The third kappa shape index (κ3) is 7.97. The van der Waals surface area contributed by atoms with Crippen LogP contribution in [0, 0.1) is 5.92 Å². The van der Waals surface area contributed by atoms with Gasteiger partial charge in [0.2, 0.25) is 0 Å². The van der Waals surface area contributed by atoms with Gasteiger partial charge < -0.3 is 19.3 Å². The van der Waals surface area contributed by atoms with Gasteiger partial charge in [0.1, 0.15) is 5.92 Å². The van der Waals surface area contributed by atoms with Crippen LogP contribution in [0.1, 0.15) is 46.5 Å². The van der Waals surface area contributed by atoms with Crippen molar-refractivity contribution < 1.29 is 33.7 Å². The van der Waals surface area contributed by atoms with Gasteiger partial charge in [-0.05, 0) is 19.3 Å². The van der Waals surface area contributed by atoms with Crippen molar-refractivity contribution >= 4 is 17.9 Å². The largest absolute Gasteiger partial charge is 0.466 e. The van der Waals surface area contributed by atoms with Gasteiger partial charge in [0.25, 0.3) is 0 Å². The van der Waals surface area contributed by atoms with Gasteiger partial charge in [0.15, 0.2) is 6.10 Å². The summed E-state index contributed by atoms with van der Waals surface area (Å²) in [5.74, 6) is -3.73. The molecule has 0 aromatic carbocycles. The Morgan fingerprint density at radius 1 is 0.818 bits per heavy atom. The molecule has 2 atom stereocenters. The van der Waals surface area contributed by atoms with Crippen LogP contribution < -0.4 is 0 Å². The molecular weight excluding hydrogens is 292 g/mol. The monoisotopic (exact) mass is 318 g/mol. The molecule has 0 aliphatic rings. The Morgan fingerprint density at radius 2 is 1.27 bits per heavy atom. The molecule has 0 fully saturated rings. The lowest BCUT2D eigenvalue weighted by Gasteiger charge is -2.19. The first-order valence-electron chi connectivity index (χ1n) is 7.64. The minimum atomic E-state index is -1.75. The summed E-state index contributed by atoms with van der Waals surface area (Å²) in [5.41, 5.74) is 0. The second kappa shape index (κ2) is 12.0. The fourth-order valence-electron chi connectivity index (χ4n) is 1.54. The number of hydrogen-bond donors (Lipinski definition) is 1. The second-order valence-corrected chi connectivity index (χ2v) is 4.81. The third-order valence-corrected chi connectivity index (χ3v) is 2.68. The molecule has 7 nitrogen and oxygen atoms in total. The molecule has 0 heterocycles. The molecule has 128 valence electrons. The zero-order valence-corrected chi connectivity index (χ0v) is 13.5. The fraction of sp³-hybridized carbons (Fsp3) is 0.800. The quantitative estimate of drug-likeness (QED) is 0.451. The summed E-state index contributed by atoms with van der Waals surface area (Å²) < 4.78 is 14.6. The van der Waals surface area contributed by atoms with Gasteiger partial charge in [-0.1, -0.05) is 20.8 Å². The molecule has 0 aromatic rings. The Kier molecular flexibility index (Phi) is 11.1. The zero-order chi connectivity index (χ0) is 17.0. The molecule has 0 amide bonds. The number of rotatable bonds is 11. The summed E-state index contributed by atoms with van der Waals surface area (Å²) in [7, 11) is 0. The highest BCUT2D eigenvalue weighted by Gasteiger charge is 2.36. The predicted molar refractivity (Wildman–Crippen MR) is 77.9 cm³/mol. The van der Waals surface area contributed by atoms with Crippen LogP contribution in [0.4, 0.5) is 0 Å². The van der Waals surface area contributed by atoms with Crippen molar-refractivity contribution in [1.82, 2.24) is 0 Å². The van der Waals surface area contributed by atoms with E-state index in [-0.39, 0.29) is 19.8 Å². The van der Waals surface area contributed by atoms with E-state index in [9.17, 15) is 19.5 Å². The van der Waals surface area contributed by atoms with E-state index in [0.717, 1.165) is 0 Å². The molecule has 7 heteroatoms. The number of esters is 3. The van der Waals surface area contributed by atoms with Gasteiger partial charge in [-0.15, -0.1) is 0 Å². The smallest absolute Gasteiger partial charge is 0.335 e. The maximum absolute atomic E-state index is 11.9. The van der Waals surface area contributed by atoms with Crippen LogP contribution in [-0.2, 0) is 28.6 Å². The first-order valence-corrected chi connectivity index (χ1v) is 7.64. The number of hydrogen-bond acceptors (Lipinski definition) is 7. The highest BCUT2D eigenvalue weighted by Crippen LogP contribution is 2.15. The van der Waals surface area contributed by atoms with Crippen LogP contribution >= 0.6 is 0 Å². The molecule has 0 aromatic heterocycles. The summed E-state index contributed by atoms with van der Waals surface area (Å²) in [6, 6.07) is 0. The summed E-state index contributed by atoms with van der Waals surface area (Å²) >= 11 is 0. The standard InChI is InChI=1S/C15H26O7/c1-4-7-20-12(16)10-11(14(18)21-8-5-2)13(17)15(19)22-9-6-3/h11,13,17H,4-10H2,1-3H3. The van der Waals surface area contributed by atoms with Crippen molar-refractivity contribution in [3.8, 4) is 0 Å². The SMILES string of the molecule is CCCOC(=O)CC(C(=O)OCCC)C(O)C(=O)OCCC. The molecule has 0 spiro atoms. The fourth-order valence-corrected chi connectivity index (χ4v) is 1.54. The minimum absolute atomic E-state index is 0.132. The number of aliphatic hydroxyl groups is 1. The van der Waals surface area contributed by atoms with Crippen LogP contribution in [0.15, 0.2) is 0 Å². The van der Waals surface area contributed by atoms with Crippen LogP contribution in [-0.4, -0.2) is 48.9 Å². The van der Waals surface area contributed by atoms with E-state index in [0.29, 0.717) is 19.3 Å². The maximum atomic E-state index is 11.9. The second-order valence-electron chi connectivity index (χ2n) is 4.81. The van der Waals surface area contributed by atoms with Crippen molar-refractivity contribution in [3.05, 3.63) is 0 Å². The van der Waals surface area contributed by atoms with Crippen molar-refractivity contribution in [3.63, 3.8) is 0 Å². The Morgan fingerprint density at radius 3 is 1.77 bits per heavy atom. The van der Waals surface area contributed by atoms with Crippen LogP contribution in [0.3, 0.4) is 0 Å². The normalized spacial score (nSPS) is 13.1. The highest BCUT2D eigenvalue weighted by atomic mass is 16.6. The van der Waals surface area contributed by atoms with Crippen molar-refractivity contribution in [2.45, 2.75) is 52.6 Å². The van der Waals surface area contributed by atoms with E-state index in [1.54, 1.807) is 6.92 Å². The van der Waals surface area contributed by atoms with E-state index in [1.807, 2.05) is 13.8 Å². The lowest BCUT2D eigenvalue weighted by atomic mass is 9.98. The molecule has 22 heavy (non-hydrogen) atoms. The van der Waals surface area contributed by atoms with Crippen molar-refractivity contribution in [2.24, 2.45) is 5.92 Å². The van der Waals surface area contributed by atoms with Crippen LogP contribution in [0.5, 0.6) is 0 Å². The van der Waals surface area contributed by atoms with E-state index in [1.165, 1.54) is 0 Å². The molecule has 1 N–H and O–H groups in total.